The van der Waals surface area contributed by atoms with Gasteiger partial charge in [-0.3, -0.25) is 0 Å². The lowest BCUT2D eigenvalue weighted by molar-refractivity contribution is -0.137. The number of rotatable bonds is 2. The van der Waals surface area contributed by atoms with Crippen LogP contribution in [0.3, 0.4) is 0 Å². The SMILES string of the molecule is Cc1ccc(Cl)cc1CNC(=O)N1C[C@H](C)O[C@@]2(CCOC2)C1. The number of hydrogen-bond acceptors (Lipinski definition) is 3. The third kappa shape index (κ3) is 3.79. The average Bonchev–Trinajstić information content (AvgIpc) is 2.94. The van der Waals surface area contributed by atoms with Gasteiger partial charge in [-0.25, -0.2) is 4.79 Å². The maximum Gasteiger partial charge on any atom is 0.317 e. The molecule has 2 amide bonds. The number of halogens is 1. The molecule has 6 heteroatoms. The molecular formula is C17H23ClN2O3. The van der Waals surface area contributed by atoms with E-state index < -0.39 is 0 Å². The third-order valence-electron chi connectivity index (χ3n) is 4.50. The Bertz CT molecular complexity index is 587. The van der Waals surface area contributed by atoms with Crippen molar-refractivity contribution in [2.24, 2.45) is 0 Å². The number of nitrogens with one attached hydrogen (secondary N) is 1. The van der Waals surface area contributed by atoms with E-state index in [1.54, 1.807) is 0 Å². The highest BCUT2D eigenvalue weighted by molar-refractivity contribution is 6.30. The molecular weight excluding hydrogens is 316 g/mol. The smallest absolute Gasteiger partial charge is 0.317 e. The fourth-order valence-corrected chi connectivity index (χ4v) is 3.49. The lowest BCUT2D eigenvalue weighted by atomic mass is 9.99. The van der Waals surface area contributed by atoms with Crippen molar-refractivity contribution in [1.29, 1.82) is 0 Å². The summed E-state index contributed by atoms with van der Waals surface area (Å²) in [4.78, 5) is 14.4. The van der Waals surface area contributed by atoms with E-state index in [9.17, 15) is 4.79 Å². The molecule has 1 spiro atoms. The molecule has 2 atom stereocenters. The lowest BCUT2D eigenvalue weighted by Crippen LogP contribution is -2.58. The van der Waals surface area contributed by atoms with E-state index in [4.69, 9.17) is 21.1 Å². The van der Waals surface area contributed by atoms with Gasteiger partial charge < -0.3 is 19.7 Å². The van der Waals surface area contributed by atoms with Crippen LogP contribution in [0, 0.1) is 6.92 Å². The molecule has 0 aromatic heterocycles. The van der Waals surface area contributed by atoms with Crippen LogP contribution >= 0.6 is 11.6 Å². The summed E-state index contributed by atoms with van der Waals surface area (Å²) in [6.45, 7) is 6.93. The quantitative estimate of drug-likeness (QED) is 0.902. The van der Waals surface area contributed by atoms with Gasteiger partial charge in [0.2, 0.25) is 0 Å². The molecule has 1 aromatic rings. The maximum atomic E-state index is 12.5. The number of urea groups is 1. The maximum absolute atomic E-state index is 12.5. The number of nitrogens with zero attached hydrogens (tertiary/aromatic N) is 1. The molecule has 1 aromatic carbocycles. The van der Waals surface area contributed by atoms with E-state index in [1.165, 1.54) is 0 Å². The summed E-state index contributed by atoms with van der Waals surface area (Å²) in [5.74, 6) is 0. The Morgan fingerprint density at radius 1 is 1.52 bits per heavy atom. The van der Waals surface area contributed by atoms with E-state index in [2.05, 4.69) is 5.32 Å². The fraction of sp³-hybridized carbons (Fsp3) is 0.588. The summed E-state index contributed by atoms with van der Waals surface area (Å²) in [5, 5.41) is 3.68. The van der Waals surface area contributed by atoms with Gasteiger partial charge >= 0.3 is 6.03 Å². The number of benzene rings is 1. The van der Waals surface area contributed by atoms with E-state index in [0.717, 1.165) is 17.5 Å². The first-order chi connectivity index (χ1) is 11.0. The Balaban J connectivity index is 1.62. The molecule has 0 saturated carbocycles. The van der Waals surface area contributed by atoms with Crippen molar-refractivity contribution in [3.8, 4) is 0 Å². The standard InChI is InChI=1S/C17H23ClN2O3/c1-12-3-4-15(18)7-14(12)8-19-16(21)20-9-13(2)23-17(10-20)5-6-22-11-17/h3-4,7,13H,5-6,8-11H2,1-2H3,(H,19,21)/t13-,17-/m0/s1. The van der Waals surface area contributed by atoms with Gasteiger partial charge in [0.15, 0.2) is 0 Å². The Morgan fingerprint density at radius 3 is 3.09 bits per heavy atom. The Morgan fingerprint density at radius 2 is 2.35 bits per heavy atom. The average molecular weight is 339 g/mol. The molecule has 2 aliphatic heterocycles. The van der Waals surface area contributed by atoms with Crippen molar-refractivity contribution in [2.45, 2.75) is 38.5 Å². The van der Waals surface area contributed by atoms with Crippen molar-refractivity contribution in [3.05, 3.63) is 34.3 Å². The highest BCUT2D eigenvalue weighted by atomic mass is 35.5. The van der Waals surface area contributed by atoms with E-state index in [0.29, 0.717) is 37.9 Å². The number of carbonyl (C=O) groups is 1. The molecule has 2 fully saturated rings. The second-order valence-electron chi connectivity index (χ2n) is 6.52. The molecule has 5 nitrogen and oxygen atoms in total. The number of ether oxygens (including phenoxy) is 2. The number of aryl methyl sites for hydroxylation is 1. The van der Waals surface area contributed by atoms with Gasteiger partial charge in [0, 0.05) is 31.1 Å². The first-order valence-corrected chi connectivity index (χ1v) is 8.39. The minimum Gasteiger partial charge on any atom is -0.378 e. The Labute approximate surface area is 141 Å². The molecule has 126 valence electrons. The second-order valence-corrected chi connectivity index (χ2v) is 6.96. The Hall–Kier alpha value is -1.30. The predicted octanol–water partition coefficient (Wildman–Crippen LogP) is 2.74. The van der Waals surface area contributed by atoms with Crippen LogP contribution in [0.1, 0.15) is 24.5 Å². The number of morpholine rings is 1. The zero-order valence-corrected chi connectivity index (χ0v) is 14.4. The molecule has 0 aliphatic carbocycles. The van der Waals surface area contributed by atoms with Crippen molar-refractivity contribution in [1.82, 2.24) is 10.2 Å². The monoisotopic (exact) mass is 338 g/mol. The van der Waals surface area contributed by atoms with E-state index in [-0.39, 0.29) is 17.7 Å². The highest BCUT2D eigenvalue weighted by Gasteiger charge is 2.43. The van der Waals surface area contributed by atoms with Crippen LogP contribution in [0.4, 0.5) is 4.79 Å². The fourth-order valence-electron chi connectivity index (χ4n) is 3.30. The summed E-state index contributed by atoms with van der Waals surface area (Å²) in [5.41, 5.74) is 1.82. The van der Waals surface area contributed by atoms with Crippen LogP contribution in [0.25, 0.3) is 0 Å². The first kappa shape index (κ1) is 16.6. The van der Waals surface area contributed by atoms with Crippen molar-refractivity contribution in [3.63, 3.8) is 0 Å². The van der Waals surface area contributed by atoms with Crippen molar-refractivity contribution >= 4 is 17.6 Å². The van der Waals surface area contributed by atoms with Crippen LogP contribution < -0.4 is 5.32 Å². The summed E-state index contributed by atoms with van der Waals surface area (Å²) >= 11 is 6.03. The summed E-state index contributed by atoms with van der Waals surface area (Å²) in [6.07, 6.45) is 0.859. The van der Waals surface area contributed by atoms with Crippen molar-refractivity contribution < 1.29 is 14.3 Å². The molecule has 23 heavy (non-hydrogen) atoms. The highest BCUT2D eigenvalue weighted by Crippen LogP contribution is 2.30. The largest absolute Gasteiger partial charge is 0.378 e. The zero-order chi connectivity index (χ0) is 16.4. The van der Waals surface area contributed by atoms with Crippen molar-refractivity contribution in [2.75, 3.05) is 26.3 Å². The normalized spacial score (nSPS) is 27.4. The third-order valence-corrected chi connectivity index (χ3v) is 4.74. The second kappa shape index (κ2) is 6.67. The molecule has 0 bridgehead atoms. The van der Waals surface area contributed by atoms with Crippen LogP contribution in [-0.2, 0) is 16.0 Å². The van der Waals surface area contributed by atoms with Gasteiger partial charge in [0.1, 0.15) is 5.60 Å². The molecule has 1 N–H and O–H groups in total. The molecule has 2 aliphatic rings. The van der Waals surface area contributed by atoms with Gasteiger partial charge in [0.05, 0.1) is 19.3 Å². The van der Waals surface area contributed by atoms with Gasteiger partial charge in [-0.05, 0) is 37.1 Å². The van der Waals surface area contributed by atoms with E-state index in [1.807, 2.05) is 36.9 Å². The molecule has 3 rings (SSSR count). The van der Waals surface area contributed by atoms with Crippen LogP contribution in [0.5, 0.6) is 0 Å². The van der Waals surface area contributed by atoms with Crippen LogP contribution in [-0.4, -0.2) is 48.9 Å². The van der Waals surface area contributed by atoms with Gasteiger partial charge in [-0.1, -0.05) is 17.7 Å². The van der Waals surface area contributed by atoms with Gasteiger partial charge in [-0.2, -0.15) is 0 Å². The zero-order valence-electron chi connectivity index (χ0n) is 13.6. The van der Waals surface area contributed by atoms with Gasteiger partial charge in [-0.15, -0.1) is 0 Å². The molecule has 2 heterocycles. The molecule has 0 radical (unpaired) electrons. The number of amides is 2. The Kier molecular flexibility index (Phi) is 4.80. The summed E-state index contributed by atoms with van der Waals surface area (Å²) in [7, 11) is 0. The van der Waals surface area contributed by atoms with E-state index >= 15 is 0 Å². The molecule has 2 saturated heterocycles. The summed E-state index contributed by atoms with van der Waals surface area (Å²) < 4.78 is 11.5. The van der Waals surface area contributed by atoms with Crippen LogP contribution in [0.15, 0.2) is 18.2 Å². The predicted molar refractivity (Wildman–Crippen MR) is 88.7 cm³/mol. The lowest BCUT2D eigenvalue weighted by Gasteiger charge is -2.42. The minimum atomic E-state index is -0.332. The first-order valence-electron chi connectivity index (χ1n) is 8.01. The number of hydrogen-bond donors (Lipinski definition) is 1. The minimum absolute atomic E-state index is 0.0177. The number of carbonyl (C=O) groups excluding carboxylic acids is 1. The summed E-state index contributed by atoms with van der Waals surface area (Å²) in [6, 6.07) is 5.65. The molecule has 0 unspecified atom stereocenters. The van der Waals surface area contributed by atoms with Crippen LogP contribution in [0.2, 0.25) is 5.02 Å². The van der Waals surface area contributed by atoms with Gasteiger partial charge in [0.25, 0.3) is 0 Å². The topological polar surface area (TPSA) is 50.8 Å².